The first-order chi connectivity index (χ1) is 9.90. The Balaban J connectivity index is 2.87. The number of hydrogen-bond acceptors (Lipinski definition) is 3. The van der Waals surface area contributed by atoms with Crippen molar-refractivity contribution in [3.05, 3.63) is 23.8 Å². The van der Waals surface area contributed by atoms with Crippen molar-refractivity contribution in [2.45, 2.75) is 46.6 Å². The van der Waals surface area contributed by atoms with E-state index >= 15 is 0 Å². The van der Waals surface area contributed by atoms with Gasteiger partial charge in [-0.15, -0.1) is 0 Å². The first-order valence-corrected chi connectivity index (χ1v) is 7.36. The van der Waals surface area contributed by atoms with Gasteiger partial charge in [0.2, 0.25) is 11.8 Å². The Labute approximate surface area is 126 Å². The van der Waals surface area contributed by atoms with Crippen LogP contribution in [0.15, 0.2) is 18.2 Å². The van der Waals surface area contributed by atoms with Gasteiger partial charge < -0.3 is 16.4 Å². The normalized spacial score (nSPS) is 13.4. The summed E-state index contributed by atoms with van der Waals surface area (Å²) < 4.78 is 0. The fraction of sp³-hybridized carbons (Fsp3) is 0.500. The molecule has 4 N–H and O–H groups in total. The van der Waals surface area contributed by atoms with E-state index < -0.39 is 6.04 Å². The number of carbonyl (C=O) groups excluding carboxylic acids is 2. The molecule has 0 unspecified atom stereocenters. The third-order valence-electron chi connectivity index (χ3n) is 3.75. The average molecular weight is 291 g/mol. The van der Waals surface area contributed by atoms with E-state index in [2.05, 4.69) is 10.6 Å². The van der Waals surface area contributed by atoms with Gasteiger partial charge in [-0.25, -0.2) is 0 Å². The summed E-state index contributed by atoms with van der Waals surface area (Å²) in [5.74, 6) is -0.141. The molecule has 0 fully saturated rings. The molecule has 21 heavy (non-hydrogen) atoms. The SMILES string of the molecule is CCC(=O)Nc1cccc(NC(=O)[C@@H](N)[C@@H](C)CC)c1C. The van der Waals surface area contributed by atoms with Gasteiger partial charge in [-0.1, -0.05) is 33.3 Å². The van der Waals surface area contributed by atoms with E-state index in [1.807, 2.05) is 26.8 Å². The van der Waals surface area contributed by atoms with Crippen LogP contribution in [-0.2, 0) is 9.59 Å². The van der Waals surface area contributed by atoms with Gasteiger partial charge in [0, 0.05) is 17.8 Å². The summed E-state index contributed by atoms with van der Waals surface area (Å²) >= 11 is 0. The second kappa shape index (κ2) is 7.78. The first-order valence-electron chi connectivity index (χ1n) is 7.36. The van der Waals surface area contributed by atoms with E-state index in [0.29, 0.717) is 17.8 Å². The van der Waals surface area contributed by atoms with Crippen LogP contribution in [0.5, 0.6) is 0 Å². The number of nitrogens with one attached hydrogen (secondary N) is 2. The number of nitrogens with two attached hydrogens (primary N) is 1. The Bertz CT molecular complexity index is 514. The fourth-order valence-electron chi connectivity index (χ4n) is 1.87. The number of anilines is 2. The van der Waals surface area contributed by atoms with Crippen molar-refractivity contribution in [1.29, 1.82) is 0 Å². The summed E-state index contributed by atoms with van der Waals surface area (Å²) in [6.45, 7) is 7.61. The number of rotatable bonds is 6. The van der Waals surface area contributed by atoms with Gasteiger partial charge >= 0.3 is 0 Å². The second-order valence-corrected chi connectivity index (χ2v) is 5.28. The predicted molar refractivity (Wildman–Crippen MR) is 86.2 cm³/mol. The predicted octanol–water partition coefficient (Wildman–Crippen LogP) is 2.66. The van der Waals surface area contributed by atoms with Gasteiger partial charge in [0.05, 0.1) is 6.04 Å². The highest BCUT2D eigenvalue weighted by Gasteiger charge is 2.20. The first kappa shape index (κ1) is 17.2. The van der Waals surface area contributed by atoms with Crippen LogP contribution in [0, 0.1) is 12.8 Å². The monoisotopic (exact) mass is 291 g/mol. The fourth-order valence-corrected chi connectivity index (χ4v) is 1.87. The standard InChI is InChI=1S/C16H25N3O2/c1-5-10(3)15(17)16(21)19-13-9-7-8-12(11(13)4)18-14(20)6-2/h7-10,15H,5-6,17H2,1-4H3,(H,18,20)(H,19,21)/t10-,15-/m0/s1. The van der Waals surface area contributed by atoms with E-state index in [4.69, 9.17) is 5.73 Å². The van der Waals surface area contributed by atoms with Gasteiger partial charge in [-0.3, -0.25) is 9.59 Å². The number of hydrogen-bond donors (Lipinski definition) is 3. The Hall–Kier alpha value is -1.88. The molecule has 5 heteroatoms. The van der Waals surface area contributed by atoms with Gasteiger partial charge in [0.25, 0.3) is 0 Å². The van der Waals surface area contributed by atoms with E-state index in [1.165, 1.54) is 0 Å². The zero-order chi connectivity index (χ0) is 16.0. The largest absolute Gasteiger partial charge is 0.326 e. The van der Waals surface area contributed by atoms with Crippen LogP contribution in [0.25, 0.3) is 0 Å². The van der Waals surface area contributed by atoms with Crippen molar-refractivity contribution in [2.75, 3.05) is 10.6 Å². The molecule has 2 amide bonds. The minimum absolute atomic E-state index is 0.0575. The lowest BCUT2D eigenvalue weighted by Crippen LogP contribution is -2.40. The molecule has 0 bridgehead atoms. The van der Waals surface area contributed by atoms with Crippen molar-refractivity contribution in [2.24, 2.45) is 11.7 Å². The Morgan fingerprint density at radius 3 is 2.29 bits per heavy atom. The number of amides is 2. The van der Waals surface area contributed by atoms with Crippen LogP contribution in [0.3, 0.4) is 0 Å². The van der Waals surface area contributed by atoms with Crippen molar-refractivity contribution < 1.29 is 9.59 Å². The third kappa shape index (κ3) is 4.56. The molecule has 0 saturated carbocycles. The van der Waals surface area contributed by atoms with Gasteiger partial charge in [0.15, 0.2) is 0 Å². The molecule has 116 valence electrons. The minimum Gasteiger partial charge on any atom is -0.326 e. The van der Waals surface area contributed by atoms with E-state index in [1.54, 1.807) is 19.1 Å². The van der Waals surface area contributed by atoms with Gasteiger partial charge in [0.1, 0.15) is 0 Å². The number of carbonyl (C=O) groups is 2. The Kier molecular flexibility index (Phi) is 6.37. The molecule has 0 heterocycles. The van der Waals surface area contributed by atoms with Crippen molar-refractivity contribution in [1.82, 2.24) is 0 Å². The summed E-state index contributed by atoms with van der Waals surface area (Å²) in [5.41, 5.74) is 8.13. The molecule has 0 aromatic heterocycles. The second-order valence-electron chi connectivity index (χ2n) is 5.28. The summed E-state index contributed by atoms with van der Waals surface area (Å²) in [7, 11) is 0. The molecule has 1 aromatic rings. The molecule has 0 aliphatic heterocycles. The Morgan fingerprint density at radius 2 is 1.76 bits per heavy atom. The number of benzene rings is 1. The summed E-state index contributed by atoms with van der Waals surface area (Å²) in [4.78, 5) is 23.6. The van der Waals surface area contributed by atoms with Gasteiger partial charge in [-0.05, 0) is 30.5 Å². The molecule has 1 aromatic carbocycles. The highest BCUT2D eigenvalue weighted by Crippen LogP contribution is 2.24. The minimum atomic E-state index is -0.539. The molecule has 0 aliphatic carbocycles. The lowest BCUT2D eigenvalue weighted by molar-refractivity contribution is -0.118. The molecule has 1 rings (SSSR count). The maximum atomic E-state index is 12.1. The molecule has 5 nitrogen and oxygen atoms in total. The topological polar surface area (TPSA) is 84.2 Å². The zero-order valence-corrected chi connectivity index (χ0v) is 13.2. The molecule has 2 atom stereocenters. The van der Waals surface area contributed by atoms with E-state index in [9.17, 15) is 9.59 Å². The van der Waals surface area contributed by atoms with Crippen LogP contribution in [-0.4, -0.2) is 17.9 Å². The summed E-state index contributed by atoms with van der Waals surface area (Å²) in [6, 6.07) is 4.87. The van der Waals surface area contributed by atoms with Crippen LogP contribution < -0.4 is 16.4 Å². The summed E-state index contributed by atoms with van der Waals surface area (Å²) in [6.07, 6.45) is 1.26. The molecule has 0 spiro atoms. The maximum absolute atomic E-state index is 12.1. The molecule has 0 aliphatic rings. The van der Waals surface area contributed by atoms with Crippen LogP contribution in [0.1, 0.15) is 39.2 Å². The van der Waals surface area contributed by atoms with Crippen LogP contribution in [0.2, 0.25) is 0 Å². The zero-order valence-electron chi connectivity index (χ0n) is 13.2. The summed E-state index contributed by atoms with van der Waals surface area (Å²) in [5, 5.41) is 5.66. The van der Waals surface area contributed by atoms with Crippen molar-refractivity contribution >= 4 is 23.2 Å². The molecular weight excluding hydrogens is 266 g/mol. The molecule has 0 saturated heterocycles. The average Bonchev–Trinajstić information content (AvgIpc) is 2.49. The molecular formula is C16H25N3O2. The molecule has 0 radical (unpaired) electrons. The van der Waals surface area contributed by atoms with Crippen LogP contribution in [0.4, 0.5) is 11.4 Å². The quantitative estimate of drug-likeness (QED) is 0.753. The lowest BCUT2D eigenvalue weighted by atomic mass is 9.99. The Morgan fingerprint density at radius 1 is 1.19 bits per heavy atom. The van der Waals surface area contributed by atoms with Crippen LogP contribution >= 0.6 is 0 Å². The van der Waals surface area contributed by atoms with Crippen molar-refractivity contribution in [3.8, 4) is 0 Å². The maximum Gasteiger partial charge on any atom is 0.241 e. The van der Waals surface area contributed by atoms with E-state index in [-0.39, 0.29) is 17.7 Å². The lowest BCUT2D eigenvalue weighted by Gasteiger charge is -2.19. The third-order valence-corrected chi connectivity index (χ3v) is 3.75. The highest BCUT2D eigenvalue weighted by atomic mass is 16.2. The van der Waals surface area contributed by atoms with E-state index in [0.717, 1.165) is 12.0 Å². The highest BCUT2D eigenvalue weighted by molar-refractivity contribution is 5.97. The van der Waals surface area contributed by atoms with Crippen molar-refractivity contribution in [3.63, 3.8) is 0 Å². The smallest absolute Gasteiger partial charge is 0.241 e. The van der Waals surface area contributed by atoms with Gasteiger partial charge in [-0.2, -0.15) is 0 Å².